The highest BCUT2D eigenvalue weighted by molar-refractivity contribution is 7.87. The molecule has 1 saturated heterocycles. The van der Waals surface area contributed by atoms with Crippen molar-refractivity contribution in [3.63, 3.8) is 0 Å². The van der Waals surface area contributed by atoms with E-state index in [1.165, 1.54) is 0 Å². The normalized spacial score (nSPS) is 38.0. The molecule has 0 N–H and O–H groups in total. The highest BCUT2D eigenvalue weighted by atomic mass is 32.2. The summed E-state index contributed by atoms with van der Waals surface area (Å²) in [6.07, 6.45) is -16.3. The van der Waals surface area contributed by atoms with Crippen molar-refractivity contribution >= 4 is 16.1 Å². The summed E-state index contributed by atoms with van der Waals surface area (Å²) in [5.74, 6) is -5.96. The maximum absolute atomic E-state index is 13.6. The molecule has 142 valence electrons. The van der Waals surface area contributed by atoms with E-state index in [0.717, 1.165) is 6.92 Å². The van der Waals surface area contributed by atoms with Gasteiger partial charge >= 0.3 is 18.3 Å². The molecule has 2 aliphatic carbocycles. The third kappa shape index (κ3) is 2.12. The monoisotopic (exact) mass is 394 g/mol. The van der Waals surface area contributed by atoms with Crippen LogP contribution in [0.1, 0.15) is 13.3 Å². The fraction of sp³-hybridized carbons (Fsp3) is 0.769. The molecule has 1 aliphatic heterocycles. The second kappa shape index (κ2) is 4.90. The predicted octanol–water partition coefficient (Wildman–Crippen LogP) is 2.33. The molecule has 3 aliphatic rings. The molecule has 2 bridgehead atoms. The summed E-state index contributed by atoms with van der Waals surface area (Å²) >= 11 is 0. The van der Waals surface area contributed by atoms with Gasteiger partial charge < -0.3 is 4.74 Å². The molecule has 5 unspecified atom stereocenters. The number of hydrogen-bond donors (Lipinski definition) is 0. The van der Waals surface area contributed by atoms with E-state index in [1.54, 1.807) is 0 Å². The number of ether oxygens (including phenoxy) is 1. The third-order valence-corrected chi connectivity index (χ3v) is 6.94. The molecule has 12 heteroatoms. The van der Waals surface area contributed by atoms with Gasteiger partial charge in [-0.1, -0.05) is 6.58 Å². The highest BCUT2D eigenvalue weighted by Crippen LogP contribution is 2.74. The number of alkyl halides is 6. The first-order valence-corrected chi connectivity index (χ1v) is 8.55. The summed E-state index contributed by atoms with van der Waals surface area (Å²) < 4.78 is 115. The highest BCUT2D eigenvalue weighted by Gasteiger charge is 2.91. The van der Waals surface area contributed by atoms with E-state index < -0.39 is 69.6 Å². The number of halogens is 6. The van der Waals surface area contributed by atoms with Crippen LogP contribution in [0.5, 0.6) is 0 Å². The summed E-state index contributed by atoms with van der Waals surface area (Å²) in [7, 11) is -4.75. The van der Waals surface area contributed by atoms with Gasteiger partial charge in [0.05, 0.1) is 6.10 Å². The molecule has 0 amide bonds. The van der Waals surface area contributed by atoms with Crippen LogP contribution in [-0.2, 0) is 23.8 Å². The van der Waals surface area contributed by atoms with E-state index >= 15 is 0 Å². The largest absolute Gasteiger partial charge is 0.457 e. The van der Waals surface area contributed by atoms with Crippen LogP contribution in [0.2, 0.25) is 0 Å². The average molecular weight is 394 g/mol. The minimum absolute atomic E-state index is 0.278. The van der Waals surface area contributed by atoms with E-state index in [9.17, 15) is 39.6 Å². The lowest BCUT2D eigenvalue weighted by molar-refractivity contribution is -0.360. The molecule has 0 aromatic rings. The summed E-state index contributed by atoms with van der Waals surface area (Å²) in [6.45, 7) is 4.33. The topological polar surface area (TPSA) is 69.7 Å². The van der Waals surface area contributed by atoms with Crippen LogP contribution >= 0.6 is 0 Å². The number of carbonyl (C=O) groups is 1. The van der Waals surface area contributed by atoms with Gasteiger partial charge in [0.1, 0.15) is 11.4 Å². The molecule has 0 radical (unpaired) electrons. The Bertz CT molecular complexity index is 725. The van der Waals surface area contributed by atoms with Crippen molar-refractivity contribution < 1.29 is 48.5 Å². The summed E-state index contributed by atoms with van der Waals surface area (Å²) in [5.41, 5.74) is -4.58. The Labute approximate surface area is 138 Å². The van der Waals surface area contributed by atoms with Crippen molar-refractivity contribution in [3.8, 4) is 0 Å². The number of hydrogen-bond acceptors (Lipinski definition) is 5. The molecular weight excluding hydrogens is 382 g/mol. The first-order chi connectivity index (χ1) is 11.2. The van der Waals surface area contributed by atoms with Gasteiger partial charge in [0, 0.05) is 17.4 Å². The maximum Gasteiger partial charge on any atom is 0.404 e. The van der Waals surface area contributed by atoms with Gasteiger partial charge in [0.15, 0.2) is 5.41 Å². The quantitative estimate of drug-likeness (QED) is 0.311. The molecule has 1 heterocycles. The Balaban J connectivity index is 2.20. The predicted molar refractivity (Wildman–Crippen MR) is 68.4 cm³/mol. The number of rotatable bonds is 2. The second-order valence-electron chi connectivity index (χ2n) is 6.47. The summed E-state index contributed by atoms with van der Waals surface area (Å²) in [4.78, 5) is 11.7. The molecule has 0 spiro atoms. The van der Waals surface area contributed by atoms with Crippen LogP contribution in [0.4, 0.5) is 26.3 Å². The molecule has 5 nitrogen and oxygen atoms in total. The Kier molecular flexibility index (Phi) is 3.62. The fourth-order valence-corrected chi connectivity index (χ4v) is 6.43. The van der Waals surface area contributed by atoms with Gasteiger partial charge in [0.25, 0.3) is 10.1 Å². The SMILES string of the molecule is C=C(C)C(=O)OC1C2CC3OS(=O)(=O)C1C3C2(C(F)(F)F)C(F)(F)F. The molecule has 2 saturated carbocycles. The van der Waals surface area contributed by atoms with Gasteiger partial charge in [-0.3, -0.25) is 4.18 Å². The minimum Gasteiger partial charge on any atom is -0.457 e. The van der Waals surface area contributed by atoms with Crippen molar-refractivity contribution in [2.45, 2.75) is 43.2 Å². The Morgan fingerprint density at radius 3 is 2.16 bits per heavy atom. The zero-order chi connectivity index (χ0) is 19.2. The zero-order valence-electron chi connectivity index (χ0n) is 12.5. The molecular formula is C13H12F6O5S. The van der Waals surface area contributed by atoms with Crippen LogP contribution in [-0.4, -0.2) is 44.2 Å². The first-order valence-electron chi connectivity index (χ1n) is 7.08. The lowest BCUT2D eigenvalue weighted by Gasteiger charge is -2.37. The van der Waals surface area contributed by atoms with Crippen LogP contribution in [0, 0.1) is 17.3 Å². The fourth-order valence-electron chi connectivity index (χ4n) is 4.43. The van der Waals surface area contributed by atoms with Gasteiger partial charge in [-0.15, -0.1) is 0 Å². The lowest BCUT2D eigenvalue weighted by atomic mass is 9.75. The van der Waals surface area contributed by atoms with E-state index in [4.69, 9.17) is 4.74 Å². The van der Waals surface area contributed by atoms with Gasteiger partial charge in [-0.25, -0.2) is 4.79 Å². The van der Waals surface area contributed by atoms with E-state index in [-0.39, 0.29) is 5.57 Å². The molecule has 3 fully saturated rings. The third-order valence-electron chi connectivity index (χ3n) is 5.19. The van der Waals surface area contributed by atoms with E-state index in [2.05, 4.69) is 10.8 Å². The standard InChI is InChI=1S/C13H12F6O5S/c1-4(2)10(20)23-8-5-3-6-7(9(8)25(21,22)24-6)11(5,12(14,15)16)13(17,18)19/h5-9H,1,3H2,2H3. The van der Waals surface area contributed by atoms with Crippen LogP contribution in [0.3, 0.4) is 0 Å². The lowest BCUT2D eigenvalue weighted by Crippen LogP contribution is -2.55. The molecule has 0 aromatic heterocycles. The molecule has 0 aromatic carbocycles. The second-order valence-corrected chi connectivity index (χ2v) is 8.20. The summed E-state index contributed by atoms with van der Waals surface area (Å²) in [6, 6.07) is 0. The van der Waals surface area contributed by atoms with Gasteiger partial charge in [-0.2, -0.15) is 34.8 Å². The Morgan fingerprint density at radius 1 is 1.20 bits per heavy atom. The number of carbonyl (C=O) groups excluding carboxylic acids is 1. The van der Waals surface area contributed by atoms with E-state index in [0.29, 0.717) is 0 Å². The van der Waals surface area contributed by atoms with Crippen LogP contribution in [0.25, 0.3) is 0 Å². The number of fused-ring (bicyclic) bond motifs is 1. The number of esters is 1. The maximum atomic E-state index is 13.6. The van der Waals surface area contributed by atoms with Crippen molar-refractivity contribution in [3.05, 3.63) is 12.2 Å². The molecule has 5 atom stereocenters. The zero-order valence-corrected chi connectivity index (χ0v) is 13.3. The smallest absolute Gasteiger partial charge is 0.404 e. The molecule has 25 heavy (non-hydrogen) atoms. The van der Waals surface area contributed by atoms with Gasteiger partial charge in [0.2, 0.25) is 0 Å². The molecule has 3 rings (SSSR count). The van der Waals surface area contributed by atoms with E-state index in [1.807, 2.05) is 0 Å². The Hall–Kier alpha value is -1.30. The van der Waals surface area contributed by atoms with Crippen molar-refractivity contribution in [2.24, 2.45) is 17.3 Å². The van der Waals surface area contributed by atoms with Crippen molar-refractivity contribution in [1.82, 2.24) is 0 Å². The minimum atomic E-state index is -5.79. The van der Waals surface area contributed by atoms with Crippen molar-refractivity contribution in [2.75, 3.05) is 0 Å². The van der Waals surface area contributed by atoms with Gasteiger partial charge in [-0.05, 0) is 13.3 Å². The Morgan fingerprint density at radius 2 is 1.72 bits per heavy atom. The summed E-state index contributed by atoms with van der Waals surface area (Å²) in [5, 5.41) is -2.22. The first kappa shape index (κ1) is 18.5. The average Bonchev–Trinajstić information content (AvgIpc) is 2.91. The van der Waals surface area contributed by atoms with Crippen molar-refractivity contribution in [1.29, 1.82) is 0 Å². The van der Waals surface area contributed by atoms with Crippen LogP contribution < -0.4 is 0 Å². The van der Waals surface area contributed by atoms with Crippen LogP contribution in [0.15, 0.2) is 12.2 Å².